The van der Waals surface area contributed by atoms with Crippen molar-refractivity contribution in [3.05, 3.63) is 54.1 Å². The first kappa shape index (κ1) is 12.4. The maximum absolute atomic E-state index is 9.07. The number of halogens is 1. The van der Waals surface area contributed by atoms with Crippen molar-refractivity contribution >= 4 is 17.3 Å². The lowest BCUT2D eigenvalue weighted by atomic mass is 10.1. The van der Waals surface area contributed by atoms with Gasteiger partial charge in [-0.15, -0.1) is 13.2 Å². The highest BCUT2D eigenvalue weighted by atomic mass is 35.5. The van der Waals surface area contributed by atoms with Crippen LogP contribution in [0.1, 0.15) is 5.56 Å². The van der Waals surface area contributed by atoms with Gasteiger partial charge in [-0.2, -0.15) is 5.26 Å². The van der Waals surface area contributed by atoms with Crippen molar-refractivity contribution < 1.29 is 0 Å². The number of nitriles is 1. The molecule has 2 nitrogen and oxygen atoms in total. The third kappa shape index (κ3) is 2.65. The summed E-state index contributed by atoms with van der Waals surface area (Å²) in [5.41, 5.74) is 1.31. The normalized spacial score (nSPS) is 9.25. The van der Waals surface area contributed by atoms with Gasteiger partial charge in [-0.05, 0) is 12.1 Å². The minimum Gasteiger partial charge on any atom is -0.363 e. The summed E-state index contributed by atoms with van der Waals surface area (Å²) < 4.78 is 0. The van der Waals surface area contributed by atoms with Crippen LogP contribution in [0.3, 0.4) is 0 Å². The first-order chi connectivity index (χ1) is 7.74. The SMILES string of the molecule is C=CCN(CC=C)c1cccc(Cl)c1C#N. The van der Waals surface area contributed by atoms with Gasteiger partial charge in [0.25, 0.3) is 0 Å². The molecule has 1 aromatic carbocycles. The summed E-state index contributed by atoms with van der Waals surface area (Å²) in [6, 6.07) is 7.53. The molecule has 0 atom stereocenters. The van der Waals surface area contributed by atoms with Gasteiger partial charge in [0.05, 0.1) is 16.3 Å². The van der Waals surface area contributed by atoms with Crippen molar-refractivity contribution in [3.8, 4) is 6.07 Å². The predicted molar refractivity (Wildman–Crippen MR) is 68.8 cm³/mol. The van der Waals surface area contributed by atoms with E-state index in [2.05, 4.69) is 19.2 Å². The number of hydrogen-bond acceptors (Lipinski definition) is 2. The van der Waals surface area contributed by atoms with Gasteiger partial charge in [-0.1, -0.05) is 29.8 Å². The Labute approximate surface area is 101 Å². The molecule has 82 valence electrons. The number of nitrogens with zero attached hydrogens (tertiary/aromatic N) is 2. The Morgan fingerprint density at radius 3 is 2.44 bits per heavy atom. The molecule has 0 aliphatic heterocycles. The van der Waals surface area contributed by atoms with E-state index in [1.165, 1.54) is 0 Å². The van der Waals surface area contributed by atoms with E-state index >= 15 is 0 Å². The molecule has 0 spiro atoms. The summed E-state index contributed by atoms with van der Waals surface area (Å²) in [4.78, 5) is 1.99. The summed E-state index contributed by atoms with van der Waals surface area (Å²) in [5, 5.41) is 9.54. The fraction of sp³-hybridized carbons (Fsp3) is 0.154. The molecule has 0 heterocycles. The van der Waals surface area contributed by atoms with Gasteiger partial charge in [0, 0.05) is 13.1 Å². The lowest BCUT2D eigenvalue weighted by Gasteiger charge is -2.22. The van der Waals surface area contributed by atoms with Crippen LogP contribution in [0.25, 0.3) is 0 Å². The van der Waals surface area contributed by atoms with Gasteiger partial charge in [-0.3, -0.25) is 0 Å². The largest absolute Gasteiger partial charge is 0.363 e. The third-order valence-corrected chi connectivity index (χ3v) is 2.46. The molecule has 1 aromatic rings. The van der Waals surface area contributed by atoms with E-state index in [0.717, 1.165) is 5.69 Å². The second-order valence-corrected chi connectivity index (χ2v) is 3.64. The van der Waals surface area contributed by atoms with Crippen molar-refractivity contribution in [2.75, 3.05) is 18.0 Å². The molecule has 0 saturated carbocycles. The quantitative estimate of drug-likeness (QED) is 0.728. The molecule has 1 rings (SSSR count). The lowest BCUT2D eigenvalue weighted by molar-refractivity contribution is 0.954. The van der Waals surface area contributed by atoms with Crippen LogP contribution in [0, 0.1) is 11.3 Å². The maximum atomic E-state index is 9.07. The van der Waals surface area contributed by atoms with E-state index in [4.69, 9.17) is 16.9 Å². The molecular formula is C13H13ClN2. The van der Waals surface area contributed by atoms with Crippen LogP contribution in [0.5, 0.6) is 0 Å². The third-order valence-electron chi connectivity index (χ3n) is 2.14. The highest BCUT2D eigenvalue weighted by Crippen LogP contribution is 2.26. The highest BCUT2D eigenvalue weighted by molar-refractivity contribution is 6.32. The standard InChI is InChI=1S/C13H13ClN2/c1-3-8-16(9-4-2)13-7-5-6-12(14)11(13)10-15/h3-7H,1-2,8-9H2. The molecule has 0 aromatic heterocycles. The zero-order valence-electron chi connectivity index (χ0n) is 8.99. The summed E-state index contributed by atoms with van der Waals surface area (Å²) in [7, 11) is 0. The van der Waals surface area contributed by atoms with Crippen molar-refractivity contribution in [2.45, 2.75) is 0 Å². The summed E-state index contributed by atoms with van der Waals surface area (Å²) >= 11 is 5.97. The molecule has 16 heavy (non-hydrogen) atoms. The summed E-state index contributed by atoms with van der Waals surface area (Å²) in [5.74, 6) is 0. The molecular weight excluding hydrogens is 220 g/mol. The highest BCUT2D eigenvalue weighted by Gasteiger charge is 2.11. The second-order valence-electron chi connectivity index (χ2n) is 3.23. The Hall–Kier alpha value is -1.72. The zero-order valence-corrected chi connectivity index (χ0v) is 9.74. The first-order valence-corrected chi connectivity index (χ1v) is 5.27. The molecule has 0 N–H and O–H groups in total. The van der Waals surface area contributed by atoms with E-state index in [0.29, 0.717) is 23.7 Å². The van der Waals surface area contributed by atoms with Crippen molar-refractivity contribution in [3.63, 3.8) is 0 Å². The van der Waals surface area contributed by atoms with Gasteiger partial charge in [-0.25, -0.2) is 0 Å². The Bertz CT molecular complexity index is 422. The Balaban J connectivity index is 3.18. The fourth-order valence-corrected chi connectivity index (χ4v) is 1.68. The maximum Gasteiger partial charge on any atom is 0.103 e. The summed E-state index contributed by atoms with van der Waals surface area (Å²) in [6.07, 6.45) is 3.57. The van der Waals surface area contributed by atoms with E-state index < -0.39 is 0 Å². The Morgan fingerprint density at radius 1 is 1.31 bits per heavy atom. The van der Waals surface area contributed by atoms with Crippen LogP contribution in [0.15, 0.2) is 43.5 Å². The van der Waals surface area contributed by atoms with Crippen LogP contribution < -0.4 is 4.90 Å². The minimum absolute atomic E-state index is 0.470. The Kier molecular flexibility index (Phi) is 4.63. The monoisotopic (exact) mass is 232 g/mol. The van der Waals surface area contributed by atoms with Crippen molar-refractivity contribution in [1.29, 1.82) is 5.26 Å². The second kappa shape index (κ2) is 5.99. The van der Waals surface area contributed by atoms with E-state index in [1.807, 2.05) is 17.0 Å². The van der Waals surface area contributed by atoms with Gasteiger partial charge in [0.15, 0.2) is 0 Å². The fourth-order valence-electron chi connectivity index (χ4n) is 1.47. The molecule has 0 unspecified atom stereocenters. The topological polar surface area (TPSA) is 27.0 Å². The Morgan fingerprint density at radius 2 is 1.94 bits per heavy atom. The number of anilines is 1. The van der Waals surface area contributed by atoms with Crippen molar-refractivity contribution in [1.82, 2.24) is 0 Å². The molecule has 0 radical (unpaired) electrons. The van der Waals surface area contributed by atoms with Gasteiger partial charge in [0.1, 0.15) is 6.07 Å². The molecule has 0 aliphatic carbocycles. The molecule has 0 fully saturated rings. The number of hydrogen-bond donors (Lipinski definition) is 0. The molecule has 0 saturated heterocycles. The molecule has 3 heteroatoms. The zero-order chi connectivity index (χ0) is 12.0. The predicted octanol–water partition coefficient (Wildman–Crippen LogP) is 3.39. The van der Waals surface area contributed by atoms with Crippen LogP contribution in [-0.2, 0) is 0 Å². The average Bonchev–Trinajstić information content (AvgIpc) is 2.28. The van der Waals surface area contributed by atoms with E-state index in [9.17, 15) is 0 Å². The van der Waals surface area contributed by atoms with Crippen LogP contribution >= 0.6 is 11.6 Å². The van der Waals surface area contributed by atoms with E-state index in [-0.39, 0.29) is 0 Å². The van der Waals surface area contributed by atoms with Crippen LogP contribution in [0.2, 0.25) is 5.02 Å². The smallest absolute Gasteiger partial charge is 0.103 e. The summed E-state index contributed by atoms with van der Waals surface area (Å²) in [6.45, 7) is 8.70. The minimum atomic E-state index is 0.470. The van der Waals surface area contributed by atoms with Gasteiger partial charge >= 0.3 is 0 Å². The van der Waals surface area contributed by atoms with Crippen molar-refractivity contribution in [2.24, 2.45) is 0 Å². The first-order valence-electron chi connectivity index (χ1n) is 4.90. The lowest BCUT2D eigenvalue weighted by Crippen LogP contribution is -2.24. The molecule has 0 bridgehead atoms. The number of rotatable bonds is 5. The van der Waals surface area contributed by atoms with Gasteiger partial charge < -0.3 is 4.90 Å². The number of benzene rings is 1. The van der Waals surface area contributed by atoms with Crippen LogP contribution in [-0.4, -0.2) is 13.1 Å². The van der Waals surface area contributed by atoms with Crippen LogP contribution in [0.4, 0.5) is 5.69 Å². The van der Waals surface area contributed by atoms with E-state index in [1.54, 1.807) is 18.2 Å². The average molecular weight is 233 g/mol. The molecule has 0 amide bonds. The molecule has 0 aliphatic rings. The van der Waals surface area contributed by atoms with Gasteiger partial charge in [0.2, 0.25) is 0 Å².